The van der Waals surface area contributed by atoms with E-state index in [0.717, 1.165) is 32.8 Å². The molecule has 2 heterocycles. The molecule has 0 saturated carbocycles. The summed E-state index contributed by atoms with van der Waals surface area (Å²) in [5, 5.41) is 11.5. The Balaban J connectivity index is 0.00000364. The Hall–Kier alpha value is -0.910. The summed E-state index contributed by atoms with van der Waals surface area (Å²) in [6.45, 7) is 8.49. The van der Waals surface area contributed by atoms with Gasteiger partial charge in [-0.15, -0.1) is 35.3 Å². The molecule has 1 aromatic rings. The van der Waals surface area contributed by atoms with Gasteiger partial charge >= 0.3 is 0 Å². The predicted molar refractivity (Wildman–Crippen MR) is 122 cm³/mol. The summed E-state index contributed by atoms with van der Waals surface area (Å²) < 4.78 is 5.49. The van der Waals surface area contributed by atoms with Crippen molar-refractivity contribution < 1.29 is 9.53 Å². The highest BCUT2D eigenvalue weighted by Crippen LogP contribution is 2.25. The monoisotopic (exact) mass is 509 g/mol. The molecule has 0 radical (unpaired) electrons. The van der Waals surface area contributed by atoms with E-state index in [1.807, 2.05) is 13.8 Å². The van der Waals surface area contributed by atoms with E-state index in [2.05, 4.69) is 43.4 Å². The van der Waals surface area contributed by atoms with Crippen molar-refractivity contribution >= 4 is 47.2 Å². The molecule has 154 valence electrons. The Labute approximate surface area is 183 Å². The Morgan fingerprint density at radius 2 is 2.07 bits per heavy atom. The molecule has 1 fully saturated rings. The molecule has 3 N–H and O–H groups in total. The molecule has 7 nitrogen and oxygen atoms in total. The molecule has 1 amide bonds. The van der Waals surface area contributed by atoms with E-state index in [1.54, 1.807) is 25.4 Å². The fourth-order valence-corrected chi connectivity index (χ4v) is 3.78. The molecule has 1 aliphatic rings. The first-order chi connectivity index (χ1) is 12.5. The fraction of sp³-hybridized carbons (Fsp3) is 0.667. The van der Waals surface area contributed by atoms with Crippen molar-refractivity contribution in [3.63, 3.8) is 0 Å². The zero-order valence-electron chi connectivity index (χ0n) is 16.6. The molecule has 1 unspecified atom stereocenters. The first-order valence-corrected chi connectivity index (χ1v) is 9.88. The summed E-state index contributed by atoms with van der Waals surface area (Å²) >= 11 is 1.77. The second-order valence-corrected chi connectivity index (χ2v) is 7.93. The van der Waals surface area contributed by atoms with Crippen molar-refractivity contribution in [1.82, 2.24) is 20.9 Å². The summed E-state index contributed by atoms with van der Waals surface area (Å²) in [5.74, 6) is 0.710. The lowest BCUT2D eigenvalue weighted by molar-refractivity contribution is -0.128. The molecular formula is C18H32IN5O2S. The maximum absolute atomic E-state index is 11.9. The van der Waals surface area contributed by atoms with Crippen molar-refractivity contribution in [2.45, 2.75) is 19.9 Å². The highest BCUT2D eigenvalue weighted by atomic mass is 127. The highest BCUT2D eigenvalue weighted by Gasteiger charge is 2.27. The second-order valence-electron chi connectivity index (χ2n) is 6.95. The molecule has 1 saturated heterocycles. The number of nitrogens with one attached hydrogen (secondary N) is 3. The first-order valence-electron chi connectivity index (χ1n) is 9.00. The summed E-state index contributed by atoms with van der Waals surface area (Å²) in [6.07, 6.45) is 0. The molecule has 9 heteroatoms. The minimum absolute atomic E-state index is 0. The normalized spacial score (nSPS) is 17.0. The summed E-state index contributed by atoms with van der Waals surface area (Å²) in [7, 11) is 3.40. The third-order valence-corrected chi connectivity index (χ3v) is 5.56. The van der Waals surface area contributed by atoms with Gasteiger partial charge in [-0.25, -0.2) is 0 Å². The lowest BCUT2D eigenvalue weighted by atomic mass is 9.92. The van der Waals surface area contributed by atoms with Crippen LogP contribution in [0.2, 0.25) is 0 Å². The second kappa shape index (κ2) is 11.8. The Morgan fingerprint density at radius 3 is 2.63 bits per heavy atom. The van der Waals surface area contributed by atoms with E-state index in [1.165, 1.54) is 4.88 Å². The van der Waals surface area contributed by atoms with Gasteiger partial charge in [0.15, 0.2) is 5.96 Å². The number of amides is 1. The van der Waals surface area contributed by atoms with Crippen LogP contribution in [0.4, 0.5) is 0 Å². The minimum atomic E-state index is -0.510. The molecule has 0 aliphatic carbocycles. The van der Waals surface area contributed by atoms with Crippen LogP contribution < -0.4 is 16.0 Å². The van der Waals surface area contributed by atoms with E-state index < -0.39 is 5.41 Å². The summed E-state index contributed by atoms with van der Waals surface area (Å²) in [5.41, 5.74) is -0.510. The quantitative estimate of drug-likeness (QED) is 0.296. The van der Waals surface area contributed by atoms with Crippen LogP contribution in [0.15, 0.2) is 22.5 Å². The number of carbonyl (C=O) groups is 1. The number of guanidine groups is 1. The average Bonchev–Trinajstić information content (AvgIpc) is 3.19. The van der Waals surface area contributed by atoms with Crippen molar-refractivity contribution in [2.75, 3.05) is 53.5 Å². The highest BCUT2D eigenvalue weighted by molar-refractivity contribution is 14.0. The summed E-state index contributed by atoms with van der Waals surface area (Å²) in [6, 6.07) is 4.55. The molecule has 2 rings (SSSR count). The SMILES string of the molecule is CN=C(NCC(c1cccs1)N1CCOCC1)NCC(C)(C)C(=O)NC.I. The number of nitrogens with zero attached hydrogens (tertiary/aromatic N) is 2. The first kappa shape index (κ1) is 24.1. The van der Waals surface area contributed by atoms with Crippen LogP contribution in [0.3, 0.4) is 0 Å². The lowest BCUT2D eigenvalue weighted by Gasteiger charge is -2.34. The number of rotatable bonds is 7. The molecular weight excluding hydrogens is 477 g/mol. The molecule has 0 aromatic carbocycles. The van der Waals surface area contributed by atoms with Gasteiger partial charge in [-0.2, -0.15) is 0 Å². The summed E-state index contributed by atoms with van der Waals surface area (Å²) in [4.78, 5) is 20.0. The Bertz CT molecular complexity index is 589. The van der Waals surface area contributed by atoms with Gasteiger partial charge in [0.1, 0.15) is 0 Å². The Kier molecular flexibility index (Phi) is 10.6. The molecule has 27 heavy (non-hydrogen) atoms. The molecule has 1 aromatic heterocycles. The largest absolute Gasteiger partial charge is 0.379 e. The number of aliphatic imine (C=N–C) groups is 1. The number of halogens is 1. The number of carbonyl (C=O) groups excluding carboxylic acids is 1. The third-order valence-electron chi connectivity index (χ3n) is 4.58. The number of hydrogen-bond donors (Lipinski definition) is 3. The number of morpholine rings is 1. The number of ether oxygens (including phenoxy) is 1. The van der Waals surface area contributed by atoms with Crippen LogP contribution in [0.25, 0.3) is 0 Å². The van der Waals surface area contributed by atoms with Crippen LogP contribution in [0.5, 0.6) is 0 Å². The molecule has 0 spiro atoms. The minimum Gasteiger partial charge on any atom is -0.379 e. The van der Waals surface area contributed by atoms with Gasteiger partial charge in [-0.1, -0.05) is 6.07 Å². The zero-order valence-corrected chi connectivity index (χ0v) is 19.7. The van der Waals surface area contributed by atoms with Gasteiger partial charge in [-0.3, -0.25) is 14.7 Å². The molecule has 1 aliphatic heterocycles. The van der Waals surface area contributed by atoms with Crippen LogP contribution in [-0.2, 0) is 9.53 Å². The van der Waals surface area contributed by atoms with E-state index in [9.17, 15) is 4.79 Å². The van der Waals surface area contributed by atoms with Crippen LogP contribution in [0, 0.1) is 5.41 Å². The van der Waals surface area contributed by atoms with Gasteiger partial charge in [0.2, 0.25) is 5.91 Å². The lowest BCUT2D eigenvalue weighted by Crippen LogP contribution is -2.49. The van der Waals surface area contributed by atoms with Gasteiger partial charge < -0.3 is 20.7 Å². The van der Waals surface area contributed by atoms with Crippen molar-refractivity contribution in [3.8, 4) is 0 Å². The fourth-order valence-electron chi connectivity index (χ4n) is 2.92. The predicted octanol–water partition coefficient (Wildman–Crippen LogP) is 1.68. The number of thiophene rings is 1. The van der Waals surface area contributed by atoms with E-state index in [4.69, 9.17) is 4.74 Å². The third kappa shape index (κ3) is 7.20. The Morgan fingerprint density at radius 1 is 1.37 bits per heavy atom. The maximum Gasteiger partial charge on any atom is 0.227 e. The van der Waals surface area contributed by atoms with Crippen LogP contribution >= 0.6 is 35.3 Å². The van der Waals surface area contributed by atoms with Gasteiger partial charge in [0.25, 0.3) is 0 Å². The molecule has 0 bridgehead atoms. The van der Waals surface area contributed by atoms with E-state index >= 15 is 0 Å². The van der Waals surface area contributed by atoms with Crippen molar-refractivity contribution in [3.05, 3.63) is 22.4 Å². The van der Waals surface area contributed by atoms with Crippen molar-refractivity contribution in [1.29, 1.82) is 0 Å². The molecule has 1 atom stereocenters. The number of hydrogen-bond acceptors (Lipinski definition) is 5. The smallest absolute Gasteiger partial charge is 0.227 e. The topological polar surface area (TPSA) is 78.0 Å². The van der Waals surface area contributed by atoms with Crippen LogP contribution in [0.1, 0.15) is 24.8 Å². The average molecular weight is 509 g/mol. The van der Waals surface area contributed by atoms with E-state index in [-0.39, 0.29) is 35.9 Å². The van der Waals surface area contributed by atoms with Gasteiger partial charge in [-0.05, 0) is 25.3 Å². The van der Waals surface area contributed by atoms with Gasteiger partial charge in [0.05, 0.1) is 24.7 Å². The zero-order chi connectivity index (χ0) is 19.0. The van der Waals surface area contributed by atoms with Gasteiger partial charge in [0, 0.05) is 45.2 Å². The van der Waals surface area contributed by atoms with Crippen LogP contribution in [-0.4, -0.2) is 70.3 Å². The van der Waals surface area contributed by atoms with E-state index in [0.29, 0.717) is 12.5 Å². The maximum atomic E-state index is 11.9. The van der Waals surface area contributed by atoms with Crippen molar-refractivity contribution in [2.24, 2.45) is 10.4 Å². The standard InChI is InChI=1S/C18H31N5O2S.HI/c1-18(2,16(24)19-3)13-22-17(20-4)21-12-14(15-6-5-11-26-15)23-7-9-25-10-8-23;/h5-6,11,14H,7-10,12-13H2,1-4H3,(H,19,24)(H2,20,21,22);1H.